The number of halogens is 3. The van der Waals surface area contributed by atoms with E-state index in [1.165, 1.54) is 0 Å². The van der Waals surface area contributed by atoms with E-state index in [0.717, 1.165) is 18.2 Å². The number of nitrogens with one attached hydrogen (secondary N) is 1. The van der Waals surface area contributed by atoms with E-state index >= 15 is 0 Å². The van der Waals surface area contributed by atoms with Crippen LogP contribution in [-0.2, 0) is 6.18 Å². The molecule has 0 aliphatic carbocycles. The Morgan fingerprint density at radius 3 is 2.50 bits per heavy atom. The molecule has 0 amide bonds. The molecule has 0 unspecified atom stereocenters. The van der Waals surface area contributed by atoms with Gasteiger partial charge in [-0.05, 0) is 12.1 Å². The number of benzene rings is 1. The van der Waals surface area contributed by atoms with Crippen molar-refractivity contribution in [3.63, 3.8) is 0 Å². The Morgan fingerprint density at radius 2 is 1.88 bits per heavy atom. The summed E-state index contributed by atoms with van der Waals surface area (Å²) in [5.74, 6) is -1.21. The molecule has 0 saturated heterocycles. The zero-order valence-corrected chi connectivity index (χ0v) is 7.59. The van der Waals surface area contributed by atoms with Crippen LogP contribution in [0, 0.1) is 0 Å². The summed E-state index contributed by atoms with van der Waals surface area (Å²) in [5, 5.41) is -0.311. The van der Waals surface area contributed by atoms with Gasteiger partial charge in [-0.15, -0.1) is 0 Å². The zero-order chi connectivity index (χ0) is 11.9. The maximum Gasteiger partial charge on any atom is 0.419 e. The number of hydrogen-bond acceptors (Lipinski definition) is 3. The maximum absolute atomic E-state index is 12.5. The molecule has 16 heavy (non-hydrogen) atoms. The van der Waals surface area contributed by atoms with Gasteiger partial charge in [-0.3, -0.25) is 4.98 Å². The van der Waals surface area contributed by atoms with E-state index in [-0.39, 0.29) is 5.39 Å². The van der Waals surface area contributed by atoms with E-state index in [1.54, 1.807) is 0 Å². The Morgan fingerprint density at radius 1 is 1.19 bits per heavy atom. The lowest BCUT2D eigenvalue weighted by atomic mass is 10.1. The maximum atomic E-state index is 12.5. The monoisotopic (exact) mass is 231 g/mol. The lowest BCUT2D eigenvalue weighted by molar-refractivity contribution is -0.136. The van der Waals surface area contributed by atoms with E-state index in [0.29, 0.717) is 0 Å². The number of aromatic nitrogens is 1. The zero-order valence-electron chi connectivity index (χ0n) is 7.59. The van der Waals surface area contributed by atoms with Crippen molar-refractivity contribution in [2.75, 3.05) is 0 Å². The number of fused-ring (bicyclic) bond motifs is 1. The van der Waals surface area contributed by atoms with Crippen molar-refractivity contribution >= 4 is 10.9 Å². The molecule has 0 fully saturated rings. The van der Waals surface area contributed by atoms with Crippen LogP contribution < -0.4 is 11.4 Å². The highest BCUT2D eigenvalue weighted by atomic mass is 19.4. The second kappa shape index (κ2) is 3.22. The van der Waals surface area contributed by atoms with Gasteiger partial charge < -0.3 is 4.42 Å². The first-order valence-corrected chi connectivity index (χ1v) is 4.13. The van der Waals surface area contributed by atoms with Crippen LogP contribution in [0.4, 0.5) is 13.2 Å². The molecular weight excluding hydrogens is 227 g/mol. The van der Waals surface area contributed by atoms with Crippen LogP contribution in [0.25, 0.3) is 10.9 Å². The third-order valence-corrected chi connectivity index (χ3v) is 2.00. The Kier molecular flexibility index (Phi) is 2.11. The summed E-state index contributed by atoms with van der Waals surface area (Å²) in [4.78, 5) is 23.8. The van der Waals surface area contributed by atoms with Crippen molar-refractivity contribution < 1.29 is 17.6 Å². The fourth-order valence-electron chi connectivity index (χ4n) is 1.36. The first kappa shape index (κ1) is 10.5. The molecule has 0 spiro atoms. The molecule has 0 atom stereocenters. The van der Waals surface area contributed by atoms with E-state index in [9.17, 15) is 22.8 Å². The fourth-order valence-corrected chi connectivity index (χ4v) is 1.36. The van der Waals surface area contributed by atoms with Crippen LogP contribution in [-0.4, -0.2) is 4.98 Å². The fraction of sp³-hybridized carbons (Fsp3) is 0.111. The van der Waals surface area contributed by atoms with Crippen LogP contribution in [0.15, 0.2) is 32.2 Å². The Labute approximate surface area is 85.3 Å². The molecule has 0 aliphatic rings. The van der Waals surface area contributed by atoms with Gasteiger partial charge >= 0.3 is 17.6 Å². The summed E-state index contributed by atoms with van der Waals surface area (Å²) in [6, 6.07) is 2.99. The molecule has 1 heterocycles. The highest BCUT2D eigenvalue weighted by molar-refractivity contribution is 5.80. The third kappa shape index (κ3) is 1.60. The van der Waals surface area contributed by atoms with E-state index < -0.39 is 28.6 Å². The Hall–Kier alpha value is -2.05. The molecule has 4 nitrogen and oxygen atoms in total. The largest absolute Gasteiger partial charge is 0.419 e. The van der Waals surface area contributed by atoms with Crippen molar-refractivity contribution in [3.8, 4) is 0 Å². The van der Waals surface area contributed by atoms with Gasteiger partial charge in [-0.2, -0.15) is 13.2 Å². The predicted molar refractivity (Wildman–Crippen MR) is 48.1 cm³/mol. The Bertz CT molecular complexity index is 653. The molecule has 7 heteroatoms. The molecule has 0 bridgehead atoms. The van der Waals surface area contributed by atoms with Crippen LogP contribution >= 0.6 is 0 Å². The Balaban J connectivity index is 2.99. The van der Waals surface area contributed by atoms with Gasteiger partial charge in [-0.25, -0.2) is 9.59 Å². The molecule has 1 aromatic carbocycles. The minimum atomic E-state index is -4.64. The smallest absolute Gasteiger partial charge is 0.372 e. The second-order valence-corrected chi connectivity index (χ2v) is 3.03. The molecule has 1 N–H and O–H groups in total. The topological polar surface area (TPSA) is 63.1 Å². The summed E-state index contributed by atoms with van der Waals surface area (Å²) in [6.45, 7) is 0. The van der Waals surface area contributed by atoms with Crippen LogP contribution in [0.3, 0.4) is 0 Å². The molecule has 84 valence electrons. The summed E-state index contributed by atoms with van der Waals surface area (Å²) in [5.41, 5.74) is -2.73. The average molecular weight is 231 g/mol. The van der Waals surface area contributed by atoms with Crippen LogP contribution in [0.5, 0.6) is 0 Å². The standard InChI is InChI=1S/C9H4F3NO3/c10-9(11,12)5-3-1-2-4-6(5)13-8(15)16-7(4)14/h1-3H,(H,13,15). The average Bonchev–Trinajstić information content (AvgIpc) is 2.15. The van der Waals surface area contributed by atoms with Crippen LogP contribution in [0.2, 0.25) is 0 Å². The summed E-state index contributed by atoms with van der Waals surface area (Å²) in [7, 11) is 0. The number of hydrogen-bond donors (Lipinski definition) is 1. The number of H-pyrrole nitrogens is 1. The highest BCUT2D eigenvalue weighted by Crippen LogP contribution is 2.32. The summed E-state index contributed by atoms with van der Waals surface area (Å²) < 4.78 is 41.7. The van der Waals surface area contributed by atoms with Crippen LogP contribution in [0.1, 0.15) is 5.56 Å². The molecule has 0 saturated carbocycles. The third-order valence-electron chi connectivity index (χ3n) is 2.00. The first-order valence-electron chi connectivity index (χ1n) is 4.13. The van der Waals surface area contributed by atoms with Crippen molar-refractivity contribution in [2.24, 2.45) is 0 Å². The summed E-state index contributed by atoms with van der Waals surface area (Å²) in [6.07, 6.45) is -4.64. The normalized spacial score (nSPS) is 11.9. The lowest BCUT2D eigenvalue weighted by Gasteiger charge is -2.08. The van der Waals surface area contributed by atoms with Gasteiger partial charge in [0, 0.05) is 0 Å². The molecular formula is C9H4F3NO3. The SMILES string of the molecule is O=c1[nH]c2c(C(F)(F)F)cccc2c(=O)o1. The quantitative estimate of drug-likeness (QED) is 0.747. The summed E-state index contributed by atoms with van der Waals surface area (Å²) >= 11 is 0. The first-order chi connectivity index (χ1) is 7.39. The van der Waals surface area contributed by atoms with E-state index in [2.05, 4.69) is 4.42 Å². The van der Waals surface area contributed by atoms with Crippen molar-refractivity contribution in [1.29, 1.82) is 0 Å². The molecule has 2 rings (SSSR count). The van der Waals surface area contributed by atoms with Crippen molar-refractivity contribution in [3.05, 3.63) is 44.7 Å². The van der Waals surface area contributed by atoms with Gasteiger partial charge in [0.2, 0.25) is 0 Å². The predicted octanol–water partition coefficient (Wildman–Crippen LogP) is 1.50. The number of aromatic amines is 1. The highest BCUT2D eigenvalue weighted by Gasteiger charge is 2.33. The van der Waals surface area contributed by atoms with E-state index in [4.69, 9.17) is 0 Å². The minimum absolute atomic E-state index is 0.311. The van der Waals surface area contributed by atoms with E-state index in [1.807, 2.05) is 4.98 Å². The number of rotatable bonds is 0. The van der Waals surface area contributed by atoms with Gasteiger partial charge in [0.15, 0.2) is 0 Å². The van der Waals surface area contributed by atoms with Gasteiger partial charge in [0.05, 0.1) is 16.5 Å². The lowest BCUT2D eigenvalue weighted by Crippen LogP contribution is -2.17. The molecule has 0 aliphatic heterocycles. The van der Waals surface area contributed by atoms with Gasteiger partial charge in [0.1, 0.15) is 0 Å². The molecule has 1 aromatic heterocycles. The number of para-hydroxylation sites is 1. The van der Waals surface area contributed by atoms with Gasteiger partial charge in [-0.1, -0.05) is 6.07 Å². The second-order valence-electron chi connectivity index (χ2n) is 3.03. The minimum Gasteiger partial charge on any atom is -0.372 e. The van der Waals surface area contributed by atoms with Crippen molar-refractivity contribution in [1.82, 2.24) is 4.98 Å². The van der Waals surface area contributed by atoms with Gasteiger partial charge in [0.25, 0.3) is 0 Å². The number of alkyl halides is 3. The molecule has 2 aromatic rings. The molecule has 0 radical (unpaired) electrons. The van der Waals surface area contributed by atoms with Crippen molar-refractivity contribution in [2.45, 2.75) is 6.18 Å².